The van der Waals surface area contributed by atoms with Crippen LogP contribution in [-0.2, 0) is 33.2 Å². The average Bonchev–Trinajstić information content (AvgIpc) is 3.05. The summed E-state index contributed by atoms with van der Waals surface area (Å²) in [6, 6.07) is -0.304. The zero-order valence-electron chi connectivity index (χ0n) is 34.3. The minimum absolute atomic E-state index is 0.102. The highest BCUT2D eigenvalue weighted by atomic mass is 16.7. The van der Waals surface area contributed by atoms with Crippen LogP contribution in [0.1, 0.15) is 109 Å². The SMILES string of the molecule is CC[C@H]1OC(=O)[C@H](C)[C@@H](OC2CC(C)(OC)C(O)C(C)O2)[C@H](C)[C@@H](OC2CC(N(C)C)C(C)C(C)O2)[C@](C)(O)C[C@@H](C)C(N)[C@H](C)[C@@H](O)C1(C)C. The quantitative estimate of drug-likeness (QED) is 0.278. The van der Waals surface area contributed by atoms with Crippen molar-refractivity contribution in [2.45, 2.75) is 187 Å². The van der Waals surface area contributed by atoms with Gasteiger partial charge in [-0.25, -0.2) is 0 Å². The van der Waals surface area contributed by atoms with Crippen LogP contribution >= 0.6 is 0 Å². The van der Waals surface area contributed by atoms with Crippen LogP contribution in [0.15, 0.2) is 0 Å². The Morgan fingerprint density at radius 1 is 0.863 bits per heavy atom. The van der Waals surface area contributed by atoms with Gasteiger partial charge in [0.05, 0.1) is 47.6 Å². The number of nitrogens with two attached hydrogens (primary N) is 1. The Bertz CT molecular complexity index is 1120. The van der Waals surface area contributed by atoms with Crippen molar-refractivity contribution in [3.63, 3.8) is 0 Å². The highest BCUT2D eigenvalue weighted by Crippen LogP contribution is 2.42. The van der Waals surface area contributed by atoms with Gasteiger partial charge in [0.1, 0.15) is 12.2 Å². The van der Waals surface area contributed by atoms with Crippen LogP contribution in [0, 0.1) is 35.0 Å². The Morgan fingerprint density at radius 2 is 1.45 bits per heavy atom. The third-order valence-corrected chi connectivity index (χ3v) is 13.1. The molecule has 9 unspecified atom stereocenters. The van der Waals surface area contributed by atoms with Gasteiger partial charge >= 0.3 is 5.97 Å². The molecule has 0 spiro atoms. The molecule has 3 heterocycles. The molecule has 0 bridgehead atoms. The number of carbonyl (C=O) groups is 1. The molecule has 18 atom stereocenters. The van der Waals surface area contributed by atoms with E-state index in [0.717, 1.165) is 0 Å². The first kappa shape index (κ1) is 44.5. The second kappa shape index (κ2) is 17.3. The highest BCUT2D eigenvalue weighted by molar-refractivity contribution is 5.73. The molecule has 12 nitrogen and oxygen atoms in total. The highest BCUT2D eigenvalue weighted by Gasteiger charge is 2.52. The molecule has 51 heavy (non-hydrogen) atoms. The first-order chi connectivity index (χ1) is 23.4. The third kappa shape index (κ3) is 9.66. The standard InChI is InChI=1S/C39H74N2O10/c1-16-28-37(9,10)33(42)22(4)31(40)20(2)18-38(11,45)35(51-29-17-27(41(13)14)21(3)25(7)47-29)23(5)32(24(6)36(44)49-28)50-30-19-39(12,46-15)34(43)26(8)48-30/h20-35,42-43,45H,16-19,40H2,1-15H3/t20-,21?,22+,23+,24-,25?,26?,27?,28-,29?,30?,31?,32+,33-,34?,35-,38-,39?/m1/s1. The molecule has 3 aliphatic rings. The van der Waals surface area contributed by atoms with E-state index in [9.17, 15) is 20.1 Å². The van der Waals surface area contributed by atoms with E-state index in [2.05, 4.69) is 11.8 Å². The van der Waals surface area contributed by atoms with Gasteiger partial charge in [-0.15, -0.1) is 0 Å². The van der Waals surface area contributed by atoms with E-state index in [1.807, 2.05) is 69.5 Å². The molecule has 0 aromatic heterocycles. The molecular weight excluding hydrogens is 656 g/mol. The van der Waals surface area contributed by atoms with E-state index in [1.165, 1.54) is 0 Å². The Hall–Kier alpha value is -0.930. The summed E-state index contributed by atoms with van der Waals surface area (Å²) < 4.78 is 38.4. The van der Waals surface area contributed by atoms with Crippen molar-refractivity contribution >= 4 is 5.97 Å². The van der Waals surface area contributed by atoms with Gasteiger partial charge in [0, 0.05) is 43.4 Å². The predicted octanol–water partition coefficient (Wildman–Crippen LogP) is 4.09. The van der Waals surface area contributed by atoms with Crippen molar-refractivity contribution in [3.05, 3.63) is 0 Å². The van der Waals surface area contributed by atoms with Crippen molar-refractivity contribution in [2.75, 3.05) is 21.2 Å². The van der Waals surface area contributed by atoms with Gasteiger partial charge in [-0.1, -0.05) is 48.5 Å². The number of rotatable bonds is 7. The number of hydrogen-bond donors (Lipinski definition) is 4. The van der Waals surface area contributed by atoms with Gasteiger partial charge in [0.25, 0.3) is 0 Å². The molecule has 5 N–H and O–H groups in total. The summed E-state index contributed by atoms with van der Waals surface area (Å²) in [7, 11) is 5.64. The van der Waals surface area contributed by atoms with E-state index in [1.54, 1.807) is 27.9 Å². The van der Waals surface area contributed by atoms with E-state index < -0.39 is 89.7 Å². The van der Waals surface area contributed by atoms with Crippen LogP contribution in [0.5, 0.6) is 0 Å². The minimum Gasteiger partial charge on any atom is -0.461 e. The zero-order valence-corrected chi connectivity index (χ0v) is 34.3. The normalized spacial score (nSPS) is 49.3. The van der Waals surface area contributed by atoms with Crippen molar-refractivity contribution in [1.82, 2.24) is 4.90 Å². The van der Waals surface area contributed by atoms with Crippen LogP contribution in [-0.4, -0.2) is 126 Å². The van der Waals surface area contributed by atoms with Crippen molar-refractivity contribution in [2.24, 2.45) is 40.7 Å². The number of nitrogens with zero attached hydrogens (tertiary/aromatic N) is 1. The first-order valence-corrected chi connectivity index (χ1v) is 19.3. The molecule has 300 valence electrons. The van der Waals surface area contributed by atoms with Gasteiger partial charge in [0.2, 0.25) is 0 Å². The lowest BCUT2D eigenvalue weighted by atomic mass is 9.69. The predicted molar refractivity (Wildman–Crippen MR) is 196 cm³/mol. The number of aliphatic hydroxyl groups excluding tert-OH is 2. The van der Waals surface area contributed by atoms with Crippen LogP contribution in [0.3, 0.4) is 0 Å². The summed E-state index contributed by atoms with van der Waals surface area (Å²) in [6.07, 6.45) is -4.84. The second-order valence-electron chi connectivity index (χ2n) is 17.7. The molecule has 0 saturated carbocycles. The maximum atomic E-state index is 14.3. The molecular formula is C39H74N2O10. The summed E-state index contributed by atoms with van der Waals surface area (Å²) in [4.78, 5) is 16.4. The van der Waals surface area contributed by atoms with E-state index in [-0.39, 0.29) is 42.7 Å². The van der Waals surface area contributed by atoms with Crippen molar-refractivity contribution in [1.29, 1.82) is 0 Å². The van der Waals surface area contributed by atoms with Crippen LogP contribution in [0.2, 0.25) is 0 Å². The van der Waals surface area contributed by atoms with E-state index in [0.29, 0.717) is 12.8 Å². The van der Waals surface area contributed by atoms with Crippen LogP contribution in [0.25, 0.3) is 0 Å². The summed E-state index contributed by atoms with van der Waals surface area (Å²) in [5.41, 5.74) is 3.62. The summed E-state index contributed by atoms with van der Waals surface area (Å²) in [6.45, 7) is 22.9. The minimum atomic E-state index is -1.47. The number of esters is 1. The third-order valence-electron chi connectivity index (χ3n) is 13.1. The van der Waals surface area contributed by atoms with Crippen LogP contribution in [0.4, 0.5) is 0 Å². The smallest absolute Gasteiger partial charge is 0.311 e. The fourth-order valence-corrected chi connectivity index (χ4v) is 9.20. The molecule has 3 aliphatic heterocycles. The number of hydrogen-bond acceptors (Lipinski definition) is 12. The maximum absolute atomic E-state index is 14.3. The average molecular weight is 731 g/mol. The molecule has 3 rings (SSSR count). The zero-order chi connectivity index (χ0) is 39.0. The second-order valence-corrected chi connectivity index (χ2v) is 17.7. The molecule has 3 saturated heterocycles. The van der Waals surface area contributed by atoms with Gasteiger partial charge < -0.3 is 54.4 Å². The Kier molecular flexibility index (Phi) is 15.0. The summed E-state index contributed by atoms with van der Waals surface area (Å²) in [5, 5.41) is 35.2. The van der Waals surface area contributed by atoms with Gasteiger partial charge in [-0.05, 0) is 79.3 Å². The molecule has 0 aliphatic carbocycles. The number of aliphatic hydroxyl groups is 3. The Balaban J connectivity index is 2.16. The first-order valence-electron chi connectivity index (χ1n) is 19.3. The number of methoxy groups -OCH3 is 1. The number of ether oxygens (including phenoxy) is 6. The molecule has 0 radical (unpaired) electrons. The molecule has 3 fully saturated rings. The molecule has 12 heteroatoms. The maximum Gasteiger partial charge on any atom is 0.311 e. The van der Waals surface area contributed by atoms with E-state index >= 15 is 0 Å². The summed E-state index contributed by atoms with van der Waals surface area (Å²) >= 11 is 0. The fourth-order valence-electron chi connectivity index (χ4n) is 9.20. The molecule has 0 aromatic rings. The molecule has 0 aromatic carbocycles. The van der Waals surface area contributed by atoms with E-state index in [4.69, 9.17) is 34.2 Å². The lowest BCUT2D eigenvalue weighted by Gasteiger charge is -2.49. The largest absolute Gasteiger partial charge is 0.461 e. The Morgan fingerprint density at radius 3 is 2.00 bits per heavy atom. The summed E-state index contributed by atoms with van der Waals surface area (Å²) in [5.74, 6) is -2.28. The van der Waals surface area contributed by atoms with Crippen molar-refractivity contribution in [3.8, 4) is 0 Å². The lowest BCUT2D eigenvalue weighted by molar-refractivity contribution is -0.310. The van der Waals surface area contributed by atoms with Crippen LogP contribution < -0.4 is 5.73 Å². The van der Waals surface area contributed by atoms with Gasteiger partial charge in [-0.2, -0.15) is 0 Å². The van der Waals surface area contributed by atoms with Gasteiger partial charge in [0.15, 0.2) is 12.6 Å². The van der Waals surface area contributed by atoms with Crippen molar-refractivity contribution < 1.29 is 48.5 Å². The monoisotopic (exact) mass is 731 g/mol. The number of carbonyl (C=O) groups excluding carboxylic acids is 1. The fraction of sp³-hybridized carbons (Fsp3) is 0.974. The Labute approximate surface area is 308 Å². The topological polar surface area (TPSA) is 162 Å². The number of cyclic esters (lactones) is 1. The van der Waals surface area contributed by atoms with Gasteiger partial charge in [-0.3, -0.25) is 4.79 Å². The molecule has 0 amide bonds. The lowest BCUT2D eigenvalue weighted by Crippen LogP contribution is -2.60.